The van der Waals surface area contributed by atoms with Crippen LogP contribution in [0.3, 0.4) is 0 Å². The van der Waals surface area contributed by atoms with Crippen LogP contribution < -0.4 is 5.32 Å². The van der Waals surface area contributed by atoms with Gasteiger partial charge in [0.2, 0.25) is 0 Å². The summed E-state index contributed by atoms with van der Waals surface area (Å²) in [6, 6.07) is 0.237. The second-order valence-electron chi connectivity index (χ2n) is 6.49. The number of urea groups is 1. The predicted molar refractivity (Wildman–Crippen MR) is 78.6 cm³/mol. The molecule has 0 bridgehead atoms. The highest BCUT2D eigenvalue weighted by Crippen LogP contribution is 2.28. The van der Waals surface area contributed by atoms with E-state index < -0.39 is 11.4 Å². The molecular weight excluding hydrogens is 256 g/mol. The molecule has 0 saturated heterocycles. The van der Waals surface area contributed by atoms with E-state index in [1.165, 1.54) is 0 Å². The van der Waals surface area contributed by atoms with Gasteiger partial charge in [0.05, 0.1) is 5.41 Å². The molecule has 0 radical (unpaired) electrons. The zero-order valence-corrected chi connectivity index (χ0v) is 13.1. The standard InChI is InChI=1S/C15H28N2O3/c1-5-15(4,13(18)19)10-16-14(20)17(12-6-7-12)9-8-11(2)3/h11-12H,5-10H2,1-4H3,(H,16,20)(H,18,19). The highest BCUT2D eigenvalue weighted by Gasteiger charge is 2.35. The van der Waals surface area contributed by atoms with Gasteiger partial charge < -0.3 is 15.3 Å². The molecule has 1 aliphatic carbocycles. The molecule has 5 heteroatoms. The first-order valence-corrected chi connectivity index (χ1v) is 7.58. The number of nitrogens with one attached hydrogen (secondary N) is 1. The van der Waals surface area contributed by atoms with E-state index in [-0.39, 0.29) is 12.6 Å². The number of carboxylic acids is 1. The van der Waals surface area contributed by atoms with E-state index in [4.69, 9.17) is 0 Å². The third-order valence-corrected chi connectivity index (χ3v) is 4.12. The highest BCUT2D eigenvalue weighted by atomic mass is 16.4. The van der Waals surface area contributed by atoms with Crippen LogP contribution in [0.5, 0.6) is 0 Å². The lowest BCUT2D eigenvalue weighted by molar-refractivity contribution is -0.147. The summed E-state index contributed by atoms with van der Waals surface area (Å²) in [5.41, 5.74) is -0.886. The average molecular weight is 284 g/mol. The van der Waals surface area contributed by atoms with Crippen molar-refractivity contribution in [3.05, 3.63) is 0 Å². The monoisotopic (exact) mass is 284 g/mol. The van der Waals surface area contributed by atoms with Gasteiger partial charge >= 0.3 is 12.0 Å². The highest BCUT2D eigenvalue weighted by molar-refractivity contribution is 5.78. The van der Waals surface area contributed by atoms with Crippen molar-refractivity contribution in [2.45, 2.75) is 59.4 Å². The lowest BCUT2D eigenvalue weighted by Gasteiger charge is -2.28. The van der Waals surface area contributed by atoms with Gasteiger partial charge in [-0.1, -0.05) is 20.8 Å². The molecule has 0 aromatic heterocycles. The molecule has 0 aromatic carbocycles. The van der Waals surface area contributed by atoms with Crippen molar-refractivity contribution in [1.29, 1.82) is 0 Å². The van der Waals surface area contributed by atoms with Gasteiger partial charge in [-0.25, -0.2) is 4.79 Å². The molecule has 1 aliphatic rings. The minimum Gasteiger partial charge on any atom is -0.481 e. The Bertz CT molecular complexity index is 353. The van der Waals surface area contributed by atoms with Crippen molar-refractivity contribution in [3.63, 3.8) is 0 Å². The minimum absolute atomic E-state index is 0.117. The van der Waals surface area contributed by atoms with Crippen LogP contribution in [-0.4, -0.2) is 41.1 Å². The molecule has 1 fully saturated rings. The van der Waals surface area contributed by atoms with Gasteiger partial charge in [-0.05, 0) is 38.5 Å². The Morgan fingerprint density at radius 3 is 2.40 bits per heavy atom. The van der Waals surface area contributed by atoms with E-state index in [9.17, 15) is 14.7 Å². The second-order valence-corrected chi connectivity index (χ2v) is 6.49. The van der Waals surface area contributed by atoms with Crippen molar-refractivity contribution < 1.29 is 14.7 Å². The Balaban J connectivity index is 2.52. The number of carboxylic acid groups (broad SMARTS) is 1. The van der Waals surface area contributed by atoms with Gasteiger partial charge in [0.15, 0.2) is 0 Å². The van der Waals surface area contributed by atoms with Crippen LogP contribution in [0.1, 0.15) is 53.4 Å². The maximum absolute atomic E-state index is 12.2. The first-order chi connectivity index (χ1) is 9.30. The number of carbonyl (C=O) groups is 2. The molecule has 116 valence electrons. The van der Waals surface area contributed by atoms with Crippen LogP contribution in [-0.2, 0) is 4.79 Å². The largest absolute Gasteiger partial charge is 0.481 e. The van der Waals surface area contributed by atoms with E-state index in [1.807, 2.05) is 11.8 Å². The third-order valence-electron chi connectivity index (χ3n) is 4.12. The molecule has 1 atom stereocenters. The Labute approximate surface area is 121 Å². The Morgan fingerprint density at radius 2 is 2.00 bits per heavy atom. The third kappa shape index (κ3) is 4.69. The zero-order chi connectivity index (χ0) is 15.3. The molecule has 1 unspecified atom stereocenters. The Morgan fingerprint density at radius 1 is 1.40 bits per heavy atom. The summed E-state index contributed by atoms with van der Waals surface area (Å²) in [6.45, 7) is 8.72. The van der Waals surface area contributed by atoms with Crippen LogP contribution in [0.15, 0.2) is 0 Å². The first-order valence-electron chi connectivity index (χ1n) is 7.58. The molecule has 2 N–H and O–H groups in total. The van der Waals surface area contributed by atoms with E-state index in [0.717, 1.165) is 25.8 Å². The van der Waals surface area contributed by atoms with E-state index >= 15 is 0 Å². The number of carbonyl (C=O) groups excluding carboxylic acids is 1. The van der Waals surface area contributed by atoms with Gasteiger partial charge in [-0.15, -0.1) is 0 Å². The number of hydrogen-bond donors (Lipinski definition) is 2. The smallest absolute Gasteiger partial charge is 0.317 e. The summed E-state index contributed by atoms with van der Waals surface area (Å²) in [6.07, 6.45) is 3.61. The quantitative estimate of drug-likeness (QED) is 0.720. The van der Waals surface area contributed by atoms with Crippen molar-refractivity contribution in [1.82, 2.24) is 10.2 Å². The summed E-state index contributed by atoms with van der Waals surface area (Å²) in [5.74, 6) is -0.301. The summed E-state index contributed by atoms with van der Waals surface area (Å²) >= 11 is 0. The topological polar surface area (TPSA) is 69.6 Å². The van der Waals surface area contributed by atoms with Gasteiger partial charge in [0.25, 0.3) is 0 Å². The van der Waals surface area contributed by atoms with Gasteiger partial charge in [0, 0.05) is 19.1 Å². The fraction of sp³-hybridized carbons (Fsp3) is 0.867. The van der Waals surface area contributed by atoms with E-state index in [1.54, 1.807) is 6.92 Å². The van der Waals surface area contributed by atoms with Crippen molar-refractivity contribution in [2.75, 3.05) is 13.1 Å². The summed E-state index contributed by atoms with van der Waals surface area (Å²) in [5, 5.41) is 12.0. The number of nitrogens with zero attached hydrogens (tertiary/aromatic N) is 1. The summed E-state index contributed by atoms with van der Waals surface area (Å²) < 4.78 is 0. The van der Waals surface area contributed by atoms with Crippen LogP contribution in [0.25, 0.3) is 0 Å². The molecule has 0 aliphatic heterocycles. The molecule has 0 aromatic rings. The normalized spacial score (nSPS) is 17.6. The minimum atomic E-state index is -0.886. The van der Waals surface area contributed by atoms with Gasteiger partial charge in [-0.3, -0.25) is 4.79 Å². The van der Waals surface area contributed by atoms with Gasteiger partial charge in [-0.2, -0.15) is 0 Å². The lowest BCUT2D eigenvalue weighted by Crippen LogP contribution is -2.47. The number of aliphatic carboxylic acids is 1. The van der Waals surface area contributed by atoms with Crippen molar-refractivity contribution >= 4 is 12.0 Å². The van der Waals surface area contributed by atoms with Crippen LogP contribution in [0, 0.1) is 11.3 Å². The second kappa shape index (κ2) is 6.95. The van der Waals surface area contributed by atoms with Gasteiger partial charge in [0.1, 0.15) is 0 Å². The Kier molecular flexibility index (Phi) is 5.84. The number of hydrogen-bond acceptors (Lipinski definition) is 2. The van der Waals surface area contributed by atoms with Crippen LogP contribution in [0.2, 0.25) is 0 Å². The number of rotatable bonds is 8. The Hall–Kier alpha value is -1.26. The molecule has 0 spiro atoms. The average Bonchev–Trinajstić information content (AvgIpc) is 3.20. The maximum Gasteiger partial charge on any atom is 0.317 e. The molecule has 5 nitrogen and oxygen atoms in total. The fourth-order valence-electron chi connectivity index (χ4n) is 1.96. The first kappa shape index (κ1) is 16.8. The molecule has 2 amide bonds. The molecule has 1 saturated carbocycles. The molecular formula is C15H28N2O3. The molecule has 1 rings (SSSR count). The van der Waals surface area contributed by atoms with Crippen LogP contribution in [0.4, 0.5) is 4.79 Å². The molecule has 0 heterocycles. The van der Waals surface area contributed by atoms with Crippen LogP contribution >= 0.6 is 0 Å². The summed E-state index contributed by atoms with van der Waals surface area (Å²) in [7, 11) is 0. The zero-order valence-electron chi connectivity index (χ0n) is 13.1. The lowest BCUT2D eigenvalue weighted by atomic mass is 9.88. The number of amides is 2. The van der Waals surface area contributed by atoms with E-state index in [0.29, 0.717) is 18.4 Å². The van der Waals surface area contributed by atoms with Crippen molar-refractivity contribution in [3.8, 4) is 0 Å². The molecule has 20 heavy (non-hydrogen) atoms. The summed E-state index contributed by atoms with van der Waals surface area (Å²) in [4.78, 5) is 25.3. The van der Waals surface area contributed by atoms with Crippen molar-refractivity contribution in [2.24, 2.45) is 11.3 Å². The predicted octanol–water partition coefficient (Wildman–Crippen LogP) is 2.71. The van der Waals surface area contributed by atoms with E-state index in [2.05, 4.69) is 19.2 Å². The fourth-order valence-corrected chi connectivity index (χ4v) is 1.96. The SMILES string of the molecule is CCC(C)(CNC(=O)N(CCC(C)C)C1CC1)C(=O)O. The maximum atomic E-state index is 12.2.